The van der Waals surface area contributed by atoms with Gasteiger partial charge in [-0.1, -0.05) is 5.16 Å². The van der Waals surface area contributed by atoms with Crippen molar-refractivity contribution < 1.29 is 17.7 Å². The Morgan fingerprint density at radius 3 is 2.76 bits per heavy atom. The van der Waals surface area contributed by atoms with Crippen LogP contribution in [0.5, 0.6) is 0 Å². The fourth-order valence-electron chi connectivity index (χ4n) is 2.14. The molecule has 1 aliphatic rings. The van der Waals surface area contributed by atoms with Crippen molar-refractivity contribution in [2.75, 3.05) is 13.2 Å². The van der Waals surface area contributed by atoms with Crippen LogP contribution < -0.4 is 0 Å². The highest BCUT2D eigenvalue weighted by molar-refractivity contribution is 7.92. The van der Waals surface area contributed by atoms with Crippen LogP contribution >= 0.6 is 11.3 Å². The van der Waals surface area contributed by atoms with Crippen LogP contribution in [0, 0.1) is 6.92 Å². The topological polar surface area (TPSA) is 95.2 Å². The summed E-state index contributed by atoms with van der Waals surface area (Å²) in [4.78, 5) is 8.22. The molecule has 0 aromatic carbocycles. The molecule has 0 saturated carbocycles. The predicted molar refractivity (Wildman–Crippen MR) is 74.8 cm³/mol. The highest BCUT2D eigenvalue weighted by Crippen LogP contribution is 2.26. The lowest BCUT2D eigenvalue weighted by atomic mass is 10.0. The maximum absolute atomic E-state index is 12.2. The Morgan fingerprint density at radius 2 is 2.10 bits per heavy atom. The first-order valence-electron chi connectivity index (χ1n) is 6.60. The van der Waals surface area contributed by atoms with E-state index in [1.807, 2.05) is 0 Å². The number of hydrogen-bond donors (Lipinski definition) is 0. The average Bonchev–Trinajstić information content (AvgIpc) is 3.09. The first kappa shape index (κ1) is 14.6. The van der Waals surface area contributed by atoms with Gasteiger partial charge in [0, 0.05) is 30.2 Å². The molecule has 0 unspecified atom stereocenters. The molecular weight excluding hydrogens is 314 g/mol. The standard InChI is InChI=1S/C12H15N3O4S2/c1-8-6-20-12(13-8)21(16,17)7-10-14-11(19-15-10)9-2-4-18-5-3-9/h6,9H,2-5,7H2,1H3. The van der Waals surface area contributed by atoms with E-state index < -0.39 is 9.84 Å². The highest BCUT2D eigenvalue weighted by Gasteiger charge is 2.25. The maximum Gasteiger partial charge on any atom is 0.229 e. The van der Waals surface area contributed by atoms with Crippen molar-refractivity contribution >= 4 is 21.2 Å². The van der Waals surface area contributed by atoms with Crippen LogP contribution in [0.4, 0.5) is 0 Å². The third-order valence-corrected chi connectivity index (χ3v) is 6.30. The zero-order chi connectivity index (χ0) is 14.9. The minimum atomic E-state index is -3.51. The van der Waals surface area contributed by atoms with Gasteiger partial charge in [-0.2, -0.15) is 4.98 Å². The van der Waals surface area contributed by atoms with E-state index in [0.717, 1.165) is 24.2 Å². The number of nitrogens with zero attached hydrogens (tertiary/aromatic N) is 3. The molecule has 0 aliphatic carbocycles. The van der Waals surface area contributed by atoms with Gasteiger partial charge in [-0.25, -0.2) is 13.4 Å². The van der Waals surface area contributed by atoms with Crippen LogP contribution in [0.2, 0.25) is 0 Å². The van der Waals surface area contributed by atoms with E-state index in [2.05, 4.69) is 15.1 Å². The summed E-state index contributed by atoms with van der Waals surface area (Å²) in [5, 5.41) is 5.48. The molecule has 0 bridgehead atoms. The van der Waals surface area contributed by atoms with E-state index in [1.54, 1.807) is 12.3 Å². The van der Waals surface area contributed by atoms with Gasteiger partial charge in [0.25, 0.3) is 0 Å². The Hall–Kier alpha value is -1.32. The van der Waals surface area contributed by atoms with E-state index in [-0.39, 0.29) is 21.8 Å². The molecule has 2 aromatic rings. The van der Waals surface area contributed by atoms with Gasteiger partial charge in [-0.3, -0.25) is 0 Å². The lowest BCUT2D eigenvalue weighted by molar-refractivity contribution is 0.0778. The van der Waals surface area contributed by atoms with E-state index in [9.17, 15) is 8.42 Å². The second kappa shape index (κ2) is 5.82. The average molecular weight is 329 g/mol. The summed E-state index contributed by atoms with van der Waals surface area (Å²) in [6.07, 6.45) is 1.64. The molecule has 0 spiro atoms. The predicted octanol–water partition coefficient (Wildman–Crippen LogP) is 1.70. The Balaban J connectivity index is 1.74. The lowest BCUT2D eigenvalue weighted by Gasteiger charge is -2.17. The van der Waals surface area contributed by atoms with Crippen molar-refractivity contribution in [3.63, 3.8) is 0 Å². The van der Waals surface area contributed by atoms with E-state index in [1.165, 1.54) is 0 Å². The Labute approximate surface area is 126 Å². The van der Waals surface area contributed by atoms with Gasteiger partial charge in [0.2, 0.25) is 20.1 Å². The van der Waals surface area contributed by atoms with Crippen molar-refractivity contribution in [1.82, 2.24) is 15.1 Å². The number of aryl methyl sites for hydroxylation is 1. The quantitative estimate of drug-likeness (QED) is 0.842. The second-order valence-electron chi connectivity index (χ2n) is 4.95. The zero-order valence-corrected chi connectivity index (χ0v) is 13.1. The molecule has 1 fully saturated rings. The van der Waals surface area contributed by atoms with Gasteiger partial charge in [0.05, 0.1) is 0 Å². The van der Waals surface area contributed by atoms with Crippen LogP contribution in [0.3, 0.4) is 0 Å². The van der Waals surface area contributed by atoms with Crippen LogP contribution in [0.15, 0.2) is 14.2 Å². The van der Waals surface area contributed by atoms with Gasteiger partial charge in [-0.15, -0.1) is 11.3 Å². The molecular formula is C12H15N3O4S2. The Bertz CT molecular complexity index is 716. The normalized spacial score (nSPS) is 17.2. The fourth-order valence-corrected chi connectivity index (χ4v) is 4.44. The minimum Gasteiger partial charge on any atom is -0.381 e. The summed E-state index contributed by atoms with van der Waals surface area (Å²) >= 11 is 1.11. The molecule has 114 valence electrons. The van der Waals surface area contributed by atoms with Crippen molar-refractivity contribution in [3.8, 4) is 0 Å². The van der Waals surface area contributed by atoms with Crippen molar-refractivity contribution in [3.05, 3.63) is 22.8 Å². The SMILES string of the molecule is Cc1csc(S(=O)(=O)Cc2noc(C3CCOCC3)n2)n1. The van der Waals surface area contributed by atoms with Crippen LogP contribution in [0.25, 0.3) is 0 Å². The largest absolute Gasteiger partial charge is 0.381 e. The molecule has 0 N–H and O–H groups in total. The summed E-state index contributed by atoms with van der Waals surface area (Å²) in [6.45, 7) is 3.09. The first-order valence-corrected chi connectivity index (χ1v) is 9.13. The van der Waals surface area contributed by atoms with Crippen LogP contribution in [-0.4, -0.2) is 36.8 Å². The minimum absolute atomic E-state index is 0.0948. The van der Waals surface area contributed by atoms with Gasteiger partial charge in [-0.05, 0) is 19.8 Å². The maximum atomic E-state index is 12.2. The third-order valence-electron chi connectivity index (χ3n) is 3.24. The van der Waals surface area contributed by atoms with Crippen LogP contribution in [-0.2, 0) is 20.3 Å². The molecule has 2 aromatic heterocycles. The van der Waals surface area contributed by atoms with E-state index >= 15 is 0 Å². The fraction of sp³-hybridized carbons (Fsp3) is 0.583. The molecule has 3 rings (SSSR count). The number of thiazole rings is 1. The van der Waals surface area contributed by atoms with Gasteiger partial charge >= 0.3 is 0 Å². The molecule has 1 aliphatic heterocycles. The number of ether oxygens (including phenoxy) is 1. The van der Waals surface area contributed by atoms with Gasteiger partial charge < -0.3 is 9.26 Å². The molecule has 1 saturated heterocycles. The molecule has 0 amide bonds. The molecule has 9 heteroatoms. The van der Waals surface area contributed by atoms with Crippen molar-refractivity contribution in [2.45, 2.75) is 35.8 Å². The smallest absolute Gasteiger partial charge is 0.229 e. The van der Waals surface area contributed by atoms with Gasteiger partial charge in [0.15, 0.2) is 5.82 Å². The molecule has 21 heavy (non-hydrogen) atoms. The van der Waals surface area contributed by atoms with E-state index in [4.69, 9.17) is 9.26 Å². The molecule has 0 atom stereocenters. The number of hydrogen-bond acceptors (Lipinski definition) is 8. The summed E-state index contributed by atoms with van der Waals surface area (Å²) in [5.74, 6) is 0.556. The van der Waals surface area contributed by atoms with Crippen LogP contribution in [0.1, 0.15) is 36.2 Å². The summed E-state index contributed by atoms with van der Waals surface area (Å²) < 4.78 is 35.0. The summed E-state index contributed by atoms with van der Waals surface area (Å²) in [6, 6.07) is 0. The molecule has 3 heterocycles. The van der Waals surface area contributed by atoms with Gasteiger partial charge in [0.1, 0.15) is 5.75 Å². The van der Waals surface area contributed by atoms with Crippen molar-refractivity contribution in [1.29, 1.82) is 0 Å². The second-order valence-corrected chi connectivity index (χ2v) is 7.97. The molecule has 7 nitrogen and oxygen atoms in total. The monoisotopic (exact) mass is 329 g/mol. The zero-order valence-electron chi connectivity index (χ0n) is 11.5. The Kier molecular flexibility index (Phi) is 4.05. The summed E-state index contributed by atoms with van der Waals surface area (Å²) in [5.41, 5.74) is 0.689. The Morgan fingerprint density at radius 1 is 1.33 bits per heavy atom. The number of aromatic nitrogens is 3. The van der Waals surface area contributed by atoms with Crippen molar-refractivity contribution in [2.24, 2.45) is 0 Å². The third kappa shape index (κ3) is 3.30. The number of sulfone groups is 1. The summed E-state index contributed by atoms with van der Waals surface area (Å²) in [7, 11) is -3.51. The lowest BCUT2D eigenvalue weighted by Crippen LogP contribution is -2.14. The van der Waals surface area contributed by atoms with E-state index in [0.29, 0.717) is 24.8 Å². The number of rotatable bonds is 4. The molecule has 0 radical (unpaired) electrons. The highest BCUT2D eigenvalue weighted by atomic mass is 32.2. The first-order chi connectivity index (χ1) is 10.0.